The van der Waals surface area contributed by atoms with Crippen molar-refractivity contribution in [2.45, 2.75) is 18.2 Å². The SMILES string of the molecule is O=C(CSc1nc(NCc2ccccc2)c2ccccc2n1)NCc1ccco1. The molecule has 2 heterocycles. The lowest BCUT2D eigenvalue weighted by atomic mass is 10.2. The van der Waals surface area contributed by atoms with Crippen molar-refractivity contribution in [3.8, 4) is 0 Å². The smallest absolute Gasteiger partial charge is 0.230 e. The Morgan fingerprint density at radius 1 is 0.931 bits per heavy atom. The molecule has 4 rings (SSSR count). The minimum absolute atomic E-state index is 0.0954. The highest BCUT2D eigenvalue weighted by atomic mass is 32.2. The van der Waals surface area contributed by atoms with Gasteiger partial charge in [-0.25, -0.2) is 9.97 Å². The highest BCUT2D eigenvalue weighted by Crippen LogP contribution is 2.24. The van der Waals surface area contributed by atoms with E-state index >= 15 is 0 Å². The van der Waals surface area contributed by atoms with Crippen molar-refractivity contribution in [2.75, 3.05) is 11.1 Å². The van der Waals surface area contributed by atoms with Gasteiger partial charge in [0.05, 0.1) is 24.1 Å². The van der Waals surface area contributed by atoms with Gasteiger partial charge in [-0.15, -0.1) is 0 Å². The standard InChI is InChI=1S/C22H20N4O2S/c27-20(23-14-17-9-6-12-28-17)15-29-22-25-19-11-5-4-10-18(19)21(26-22)24-13-16-7-2-1-3-8-16/h1-12H,13-15H2,(H,23,27)(H,24,25,26). The molecule has 0 fully saturated rings. The zero-order valence-corrected chi connectivity index (χ0v) is 16.5. The molecule has 2 N–H and O–H groups in total. The Labute approximate surface area is 172 Å². The van der Waals surface area contributed by atoms with E-state index in [1.54, 1.807) is 12.3 Å². The van der Waals surface area contributed by atoms with Crippen LogP contribution in [0, 0.1) is 0 Å². The van der Waals surface area contributed by atoms with Crippen LogP contribution in [0.25, 0.3) is 10.9 Å². The number of furan rings is 1. The molecule has 6 nitrogen and oxygen atoms in total. The Bertz CT molecular complexity index is 1080. The van der Waals surface area contributed by atoms with Crippen molar-refractivity contribution in [3.05, 3.63) is 84.3 Å². The summed E-state index contributed by atoms with van der Waals surface area (Å²) in [5.41, 5.74) is 2.01. The molecule has 4 aromatic rings. The van der Waals surface area contributed by atoms with Crippen molar-refractivity contribution in [2.24, 2.45) is 0 Å². The van der Waals surface area contributed by atoms with Crippen LogP contribution in [0.5, 0.6) is 0 Å². The van der Waals surface area contributed by atoms with E-state index in [2.05, 4.69) is 32.7 Å². The van der Waals surface area contributed by atoms with E-state index in [-0.39, 0.29) is 11.7 Å². The maximum atomic E-state index is 12.1. The van der Waals surface area contributed by atoms with E-state index in [1.165, 1.54) is 17.3 Å². The summed E-state index contributed by atoms with van der Waals surface area (Å²) in [7, 11) is 0. The van der Waals surface area contributed by atoms with Gasteiger partial charge in [0.1, 0.15) is 11.6 Å². The van der Waals surface area contributed by atoms with Crippen molar-refractivity contribution in [3.63, 3.8) is 0 Å². The average Bonchev–Trinajstić information content (AvgIpc) is 3.29. The number of hydrogen-bond acceptors (Lipinski definition) is 6. The fourth-order valence-corrected chi connectivity index (χ4v) is 3.50. The monoisotopic (exact) mass is 404 g/mol. The largest absolute Gasteiger partial charge is 0.467 e. The first kappa shape index (κ1) is 19.0. The molecule has 2 aromatic heterocycles. The normalized spacial score (nSPS) is 10.8. The number of nitrogens with zero attached hydrogens (tertiary/aromatic N) is 2. The predicted octanol–water partition coefficient (Wildman–Crippen LogP) is 4.24. The molecule has 0 radical (unpaired) electrons. The van der Waals surface area contributed by atoms with E-state index in [0.29, 0.717) is 18.2 Å². The van der Waals surface area contributed by atoms with Gasteiger partial charge in [0.2, 0.25) is 5.91 Å². The Morgan fingerprint density at radius 2 is 1.76 bits per heavy atom. The third-order valence-electron chi connectivity index (χ3n) is 4.26. The summed E-state index contributed by atoms with van der Waals surface area (Å²) < 4.78 is 5.22. The molecule has 146 valence electrons. The van der Waals surface area contributed by atoms with E-state index in [4.69, 9.17) is 4.42 Å². The topological polar surface area (TPSA) is 80.0 Å². The molecule has 0 saturated heterocycles. The summed E-state index contributed by atoms with van der Waals surface area (Å²) >= 11 is 1.31. The van der Waals surface area contributed by atoms with Gasteiger partial charge >= 0.3 is 0 Å². The number of para-hydroxylation sites is 1. The molecule has 0 spiro atoms. The first-order chi connectivity index (χ1) is 14.3. The molecule has 0 saturated carbocycles. The van der Waals surface area contributed by atoms with Crippen molar-refractivity contribution >= 4 is 34.4 Å². The van der Waals surface area contributed by atoms with Crippen LogP contribution in [-0.4, -0.2) is 21.6 Å². The summed E-state index contributed by atoms with van der Waals surface area (Å²) in [4.78, 5) is 21.4. The second-order valence-corrected chi connectivity index (χ2v) is 7.30. The zero-order valence-electron chi connectivity index (χ0n) is 15.7. The van der Waals surface area contributed by atoms with Crippen LogP contribution in [0.3, 0.4) is 0 Å². The number of nitrogens with one attached hydrogen (secondary N) is 2. The van der Waals surface area contributed by atoms with Crippen LogP contribution in [0.2, 0.25) is 0 Å². The average molecular weight is 404 g/mol. The molecule has 0 bridgehead atoms. The number of aromatic nitrogens is 2. The second-order valence-electron chi connectivity index (χ2n) is 6.36. The van der Waals surface area contributed by atoms with Gasteiger partial charge in [-0.3, -0.25) is 4.79 Å². The van der Waals surface area contributed by atoms with Crippen molar-refractivity contribution in [1.29, 1.82) is 0 Å². The lowest BCUT2D eigenvalue weighted by Crippen LogP contribution is -2.24. The summed E-state index contributed by atoms with van der Waals surface area (Å²) in [5.74, 6) is 1.62. The highest BCUT2D eigenvalue weighted by Gasteiger charge is 2.10. The second kappa shape index (κ2) is 9.25. The molecule has 1 amide bonds. The summed E-state index contributed by atoms with van der Waals surface area (Å²) in [5, 5.41) is 7.74. The van der Waals surface area contributed by atoms with E-state index in [1.807, 2.05) is 48.5 Å². The van der Waals surface area contributed by atoms with Crippen LogP contribution in [0.15, 0.2) is 82.6 Å². The molecule has 0 atom stereocenters. The molecule has 0 aliphatic heterocycles. The Morgan fingerprint density at radius 3 is 2.59 bits per heavy atom. The van der Waals surface area contributed by atoms with Gasteiger partial charge in [-0.05, 0) is 29.8 Å². The van der Waals surface area contributed by atoms with Crippen LogP contribution < -0.4 is 10.6 Å². The number of carbonyl (C=O) groups excluding carboxylic acids is 1. The zero-order chi connectivity index (χ0) is 19.9. The Balaban J connectivity index is 1.44. The first-order valence-corrected chi connectivity index (χ1v) is 10.2. The lowest BCUT2D eigenvalue weighted by Gasteiger charge is -2.11. The Hall–Kier alpha value is -3.32. The van der Waals surface area contributed by atoms with E-state index < -0.39 is 0 Å². The fourth-order valence-electron chi connectivity index (χ4n) is 2.82. The number of hydrogen-bond donors (Lipinski definition) is 2. The number of carbonyl (C=O) groups is 1. The number of anilines is 1. The number of thioether (sulfide) groups is 1. The first-order valence-electron chi connectivity index (χ1n) is 9.24. The van der Waals surface area contributed by atoms with Gasteiger partial charge in [0.25, 0.3) is 0 Å². The third kappa shape index (κ3) is 5.14. The minimum atomic E-state index is -0.0954. The van der Waals surface area contributed by atoms with E-state index in [0.717, 1.165) is 22.5 Å². The summed E-state index contributed by atoms with van der Waals surface area (Å²) in [6.45, 7) is 1.03. The van der Waals surface area contributed by atoms with Gasteiger partial charge in [0.15, 0.2) is 5.16 Å². The number of fused-ring (bicyclic) bond motifs is 1. The third-order valence-corrected chi connectivity index (χ3v) is 5.11. The van der Waals surface area contributed by atoms with E-state index in [9.17, 15) is 4.79 Å². The molecular weight excluding hydrogens is 384 g/mol. The molecule has 0 aliphatic rings. The van der Waals surface area contributed by atoms with Gasteiger partial charge in [0, 0.05) is 11.9 Å². The molecule has 0 aliphatic carbocycles. The molecule has 2 aromatic carbocycles. The Kier molecular flexibility index (Phi) is 6.07. The van der Waals surface area contributed by atoms with Crippen LogP contribution >= 0.6 is 11.8 Å². The lowest BCUT2D eigenvalue weighted by molar-refractivity contribution is -0.118. The number of rotatable bonds is 8. The predicted molar refractivity (Wildman–Crippen MR) is 115 cm³/mol. The molecule has 0 unspecified atom stereocenters. The van der Waals surface area contributed by atoms with Crippen LogP contribution in [0.1, 0.15) is 11.3 Å². The number of benzene rings is 2. The number of amides is 1. The van der Waals surface area contributed by atoms with Gasteiger partial charge in [-0.1, -0.05) is 54.2 Å². The summed E-state index contributed by atoms with van der Waals surface area (Å²) in [6, 6.07) is 21.6. The fraction of sp³-hybridized carbons (Fsp3) is 0.136. The van der Waals surface area contributed by atoms with Crippen molar-refractivity contribution in [1.82, 2.24) is 15.3 Å². The maximum Gasteiger partial charge on any atom is 0.230 e. The van der Waals surface area contributed by atoms with Crippen molar-refractivity contribution < 1.29 is 9.21 Å². The summed E-state index contributed by atoms with van der Waals surface area (Å²) in [6.07, 6.45) is 1.59. The molecular formula is C22H20N4O2S. The maximum absolute atomic E-state index is 12.1. The van der Waals surface area contributed by atoms with Crippen LogP contribution in [-0.2, 0) is 17.9 Å². The molecule has 29 heavy (non-hydrogen) atoms. The minimum Gasteiger partial charge on any atom is -0.467 e. The van der Waals surface area contributed by atoms with Gasteiger partial charge in [-0.2, -0.15) is 0 Å². The molecule has 7 heteroatoms. The van der Waals surface area contributed by atoms with Gasteiger partial charge < -0.3 is 15.1 Å². The van der Waals surface area contributed by atoms with Crippen LogP contribution in [0.4, 0.5) is 5.82 Å². The highest BCUT2D eigenvalue weighted by molar-refractivity contribution is 7.99. The quantitative estimate of drug-likeness (QED) is 0.338.